The number of aromatic hydroxyl groups is 1. The first-order chi connectivity index (χ1) is 8.58. The Balaban J connectivity index is 3.13. The van der Waals surface area contributed by atoms with E-state index >= 15 is 0 Å². The van der Waals surface area contributed by atoms with E-state index in [-0.39, 0.29) is 11.7 Å². The largest absolute Gasteiger partial charge is 0.504 e. The molecule has 6 heteroatoms. The number of hydrogen-bond donors (Lipinski definition) is 3. The zero-order chi connectivity index (χ0) is 13.5. The lowest BCUT2D eigenvalue weighted by Gasteiger charge is -2.08. The van der Waals surface area contributed by atoms with Crippen molar-refractivity contribution in [3.05, 3.63) is 35.9 Å². The number of hydrogen-bond acceptors (Lipinski definition) is 4. The minimum atomic E-state index is -0.122. The van der Waals surface area contributed by atoms with Crippen molar-refractivity contribution in [2.75, 3.05) is 7.11 Å². The summed E-state index contributed by atoms with van der Waals surface area (Å²) in [6.45, 7) is 3.63. The Kier molecular flexibility index (Phi) is 4.74. The highest BCUT2D eigenvalue weighted by Gasteiger charge is 2.08. The standard InChI is InChI=1S/C12H16N4O2/c1-3-4-9-5-8(7-15-16-12(13)14)6-10(18-2)11(9)17/h3,5-7,17H,1,4H2,2H3,(H4,13,14,16). The summed E-state index contributed by atoms with van der Waals surface area (Å²) in [5.41, 5.74) is 11.7. The van der Waals surface area contributed by atoms with Gasteiger partial charge < -0.3 is 21.3 Å². The fraction of sp³-hybridized carbons (Fsp3) is 0.167. The number of phenolic OH excluding ortho intramolecular Hbond substituents is 1. The lowest BCUT2D eigenvalue weighted by molar-refractivity contribution is 0.371. The first kappa shape index (κ1) is 13.6. The molecule has 0 aliphatic carbocycles. The number of nitrogens with zero attached hydrogens (tertiary/aromatic N) is 2. The molecule has 0 unspecified atom stereocenters. The van der Waals surface area contributed by atoms with Crippen LogP contribution in [0, 0.1) is 0 Å². The smallest absolute Gasteiger partial charge is 0.211 e. The van der Waals surface area contributed by atoms with Crippen LogP contribution in [-0.2, 0) is 6.42 Å². The van der Waals surface area contributed by atoms with E-state index in [0.29, 0.717) is 23.3 Å². The first-order valence-electron chi connectivity index (χ1n) is 5.21. The lowest BCUT2D eigenvalue weighted by Crippen LogP contribution is -2.21. The molecule has 0 spiro atoms. The van der Waals surface area contributed by atoms with E-state index < -0.39 is 0 Å². The molecule has 0 atom stereocenters. The third-order valence-corrected chi connectivity index (χ3v) is 2.14. The maximum absolute atomic E-state index is 9.87. The quantitative estimate of drug-likeness (QED) is 0.309. The maximum Gasteiger partial charge on any atom is 0.211 e. The second-order valence-corrected chi connectivity index (χ2v) is 3.49. The van der Waals surface area contributed by atoms with Crippen molar-refractivity contribution >= 4 is 12.2 Å². The summed E-state index contributed by atoms with van der Waals surface area (Å²) in [4.78, 5) is 0. The monoisotopic (exact) mass is 248 g/mol. The average Bonchev–Trinajstić information content (AvgIpc) is 2.32. The molecule has 96 valence electrons. The Morgan fingerprint density at radius 1 is 1.50 bits per heavy atom. The van der Waals surface area contributed by atoms with Gasteiger partial charge in [0.15, 0.2) is 11.5 Å². The minimum Gasteiger partial charge on any atom is -0.504 e. The highest BCUT2D eigenvalue weighted by atomic mass is 16.5. The highest BCUT2D eigenvalue weighted by Crippen LogP contribution is 2.31. The average molecular weight is 248 g/mol. The predicted octanol–water partition coefficient (Wildman–Crippen LogP) is 0.737. The number of benzene rings is 1. The van der Waals surface area contributed by atoms with Gasteiger partial charge in [-0.25, -0.2) is 0 Å². The molecule has 0 saturated carbocycles. The fourth-order valence-corrected chi connectivity index (χ4v) is 1.39. The van der Waals surface area contributed by atoms with Crippen LogP contribution >= 0.6 is 0 Å². The molecule has 18 heavy (non-hydrogen) atoms. The van der Waals surface area contributed by atoms with E-state index in [4.69, 9.17) is 16.2 Å². The Morgan fingerprint density at radius 2 is 2.22 bits per heavy atom. The van der Waals surface area contributed by atoms with Gasteiger partial charge in [0.25, 0.3) is 0 Å². The number of ether oxygens (including phenoxy) is 1. The van der Waals surface area contributed by atoms with Crippen LogP contribution in [0.3, 0.4) is 0 Å². The molecule has 0 radical (unpaired) electrons. The Bertz CT molecular complexity index is 491. The number of guanidine groups is 1. The lowest BCUT2D eigenvalue weighted by atomic mass is 10.1. The van der Waals surface area contributed by atoms with Crippen molar-refractivity contribution in [2.24, 2.45) is 21.7 Å². The molecule has 0 aliphatic heterocycles. The van der Waals surface area contributed by atoms with Gasteiger partial charge in [-0.15, -0.1) is 11.7 Å². The van der Waals surface area contributed by atoms with Crippen LogP contribution in [-0.4, -0.2) is 24.4 Å². The topological polar surface area (TPSA) is 106 Å². The highest BCUT2D eigenvalue weighted by molar-refractivity contribution is 5.83. The van der Waals surface area contributed by atoms with Gasteiger partial charge in [0.2, 0.25) is 5.96 Å². The second kappa shape index (κ2) is 6.29. The van der Waals surface area contributed by atoms with Gasteiger partial charge in [-0.05, 0) is 24.1 Å². The maximum atomic E-state index is 9.87. The first-order valence-corrected chi connectivity index (χ1v) is 5.21. The Hall–Kier alpha value is -2.50. The normalized spacial score (nSPS) is 10.3. The third kappa shape index (κ3) is 3.51. The van der Waals surface area contributed by atoms with Crippen molar-refractivity contribution in [3.8, 4) is 11.5 Å². The molecule has 0 bridgehead atoms. The summed E-state index contributed by atoms with van der Waals surface area (Å²) < 4.78 is 5.07. The van der Waals surface area contributed by atoms with E-state index in [9.17, 15) is 5.11 Å². The van der Waals surface area contributed by atoms with Gasteiger partial charge in [-0.1, -0.05) is 6.08 Å². The number of rotatable bonds is 5. The molecule has 1 aromatic carbocycles. The number of phenols is 1. The summed E-state index contributed by atoms with van der Waals surface area (Å²) >= 11 is 0. The van der Waals surface area contributed by atoms with E-state index in [1.807, 2.05) is 0 Å². The molecular weight excluding hydrogens is 232 g/mol. The van der Waals surface area contributed by atoms with E-state index in [1.165, 1.54) is 13.3 Å². The molecule has 0 aliphatic rings. The van der Waals surface area contributed by atoms with Crippen LogP contribution in [0.25, 0.3) is 0 Å². The molecular formula is C12H16N4O2. The van der Waals surface area contributed by atoms with Gasteiger partial charge in [-0.2, -0.15) is 5.10 Å². The van der Waals surface area contributed by atoms with Crippen molar-refractivity contribution in [1.29, 1.82) is 0 Å². The van der Waals surface area contributed by atoms with Crippen LogP contribution in [0.4, 0.5) is 0 Å². The molecule has 6 nitrogen and oxygen atoms in total. The Morgan fingerprint density at radius 3 is 2.78 bits per heavy atom. The number of methoxy groups -OCH3 is 1. The molecule has 1 aromatic rings. The van der Waals surface area contributed by atoms with Crippen molar-refractivity contribution in [2.45, 2.75) is 6.42 Å². The predicted molar refractivity (Wildman–Crippen MR) is 72.0 cm³/mol. The van der Waals surface area contributed by atoms with E-state index in [0.717, 1.165) is 0 Å². The zero-order valence-electron chi connectivity index (χ0n) is 10.1. The van der Waals surface area contributed by atoms with Gasteiger partial charge in [0.1, 0.15) is 0 Å². The molecule has 5 N–H and O–H groups in total. The van der Waals surface area contributed by atoms with Crippen LogP contribution < -0.4 is 16.2 Å². The van der Waals surface area contributed by atoms with Gasteiger partial charge in [0.05, 0.1) is 13.3 Å². The molecule has 1 rings (SSSR count). The third-order valence-electron chi connectivity index (χ3n) is 2.14. The van der Waals surface area contributed by atoms with Crippen LogP contribution in [0.15, 0.2) is 35.0 Å². The van der Waals surface area contributed by atoms with Gasteiger partial charge in [0, 0.05) is 5.56 Å². The zero-order valence-corrected chi connectivity index (χ0v) is 10.1. The summed E-state index contributed by atoms with van der Waals surface area (Å²) in [5, 5.41) is 17.1. The van der Waals surface area contributed by atoms with E-state index in [2.05, 4.69) is 16.8 Å². The number of allylic oxidation sites excluding steroid dienone is 1. The van der Waals surface area contributed by atoms with Gasteiger partial charge in [-0.3, -0.25) is 0 Å². The Labute approximate surface area is 105 Å². The SMILES string of the molecule is C=CCc1cc(C=NN=C(N)N)cc(OC)c1O. The van der Waals surface area contributed by atoms with Crippen LogP contribution in [0.5, 0.6) is 11.5 Å². The minimum absolute atomic E-state index is 0.0939. The van der Waals surface area contributed by atoms with Crippen molar-refractivity contribution in [1.82, 2.24) is 0 Å². The van der Waals surface area contributed by atoms with Gasteiger partial charge >= 0.3 is 0 Å². The fourth-order valence-electron chi connectivity index (χ4n) is 1.39. The summed E-state index contributed by atoms with van der Waals surface area (Å²) in [6, 6.07) is 3.39. The van der Waals surface area contributed by atoms with Crippen molar-refractivity contribution in [3.63, 3.8) is 0 Å². The van der Waals surface area contributed by atoms with Crippen LogP contribution in [0.1, 0.15) is 11.1 Å². The summed E-state index contributed by atoms with van der Waals surface area (Å²) in [5.74, 6) is 0.334. The summed E-state index contributed by atoms with van der Waals surface area (Å²) in [7, 11) is 1.48. The van der Waals surface area contributed by atoms with Crippen LogP contribution in [0.2, 0.25) is 0 Å². The molecule has 0 amide bonds. The molecule has 0 saturated heterocycles. The van der Waals surface area contributed by atoms with E-state index in [1.54, 1.807) is 18.2 Å². The molecule has 0 fully saturated rings. The number of nitrogens with two attached hydrogens (primary N) is 2. The summed E-state index contributed by atoms with van der Waals surface area (Å²) in [6.07, 6.45) is 3.67. The second-order valence-electron chi connectivity index (χ2n) is 3.49. The molecule has 0 aromatic heterocycles. The molecule has 0 heterocycles. The van der Waals surface area contributed by atoms with Crippen molar-refractivity contribution < 1.29 is 9.84 Å².